The molecule has 0 amide bonds. The van der Waals surface area contributed by atoms with Gasteiger partial charge in [-0.05, 0) is 17.5 Å². The van der Waals surface area contributed by atoms with E-state index in [9.17, 15) is 0 Å². The standard InChI is InChI=1S/C13H19NO2/c1-15-9-12-4-2-11(3-5-12)8-14-13-6-7-16-10-13/h2-5,13-14H,6-10H2,1H3. The van der Waals surface area contributed by atoms with Gasteiger partial charge in [-0.2, -0.15) is 0 Å². The van der Waals surface area contributed by atoms with E-state index in [0.717, 1.165) is 26.2 Å². The number of methoxy groups -OCH3 is 1. The maximum Gasteiger partial charge on any atom is 0.0713 e. The van der Waals surface area contributed by atoms with Gasteiger partial charge in [0.1, 0.15) is 0 Å². The lowest BCUT2D eigenvalue weighted by Gasteiger charge is -2.10. The summed E-state index contributed by atoms with van der Waals surface area (Å²) in [5, 5.41) is 3.49. The second-order valence-corrected chi connectivity index (χ2v) is 4.19. The van der Waals surface area contributed by atoms with Crippen LogP contribution in [0.3, 0.4) is 0 Å². The highest BCUT2D eigenvalue weighted by molar-refractivity contribution is 5.21. The Hall–Kier alpha value is -0.900. The predicted molar refractivity (Wildman–Crippen MR) is 63.2 cm³/mol. The molecule has 0 radical (unpaired) electrons. The molecule has 1 heterocycles. The molecule has 0 saturated carbocycles. The lowest BCUT2D eigenvalue weighted by Crippen LogP contribution is -2.28. The first-order valence-corrected chi connectivity index (χ1v) is 5.76. The second-order valence-electron chi connectivity index (χ2n) is 4.19. The normalized spacial score (nSPS) is 20.2. The van der Waals surface area contributed by atoms with E-state index in [1.54, 1.807) is 7.11 Å². The minimum atomic E-state index is 0.527. The van der Waals surface area contributed by atoms with E-state index in [4.69, 9.17) is 9.47 Å². The minimum Gasteiger partial charge on any atom is -0.380 e. The van der Waals surface area contributed by atoms with Gasteiger partial charge < -0.3 is 14.8 Å². The molecule has 0 aliphatic carbocycles. The first-order chi connectivity index (χ1) is 7.88. The van der Waals surface area contributed by atoms with Crippen molar-refractivity contribution in [1.82, 2.24) is 5.32 Å². The van der Waals surface area contributed by atoms with Crippen LogP contribution >= 0.6 is 0 Å². The summed E-state index contributed by atoms with van der Waals surface area (Å²) in [4.78, 5) is 0. The summed E-state index contributed by atoms with van der Waals surface area (Å²) in [6, 6.07) is 9.06. The molecule has 88 valence electrons. The number of benzene rings is 1. The molecule has 1 unspecified atom stereocenters. The van der Waals surface area contributed by atoms with Crippen LogP contribution in [0.2, 0.25) is 0 Å². The smallest absolute Gasteiger partial charge is 0.0713 e. The zero-order valence-corrected chi connectivity index (χ0v) is 9.74. The summed E-state index contributed by atoms with van der Waals surface area (Å²) in [6.45, 7) is 3.34. The van der Waals surface area contributed by atoms with Crippen LogP contribution in [0.5, 0.6) is 0 Å². The zero-order chi connectivity index (χ0) is 11.2. The minimum absolute atomic E-state index is 0.527. The van der Waals surface area contributed by atoms with Gasteiger partial charge in [-0.3, -0.25) is 0 Å². The van der Waals surface area contributed by atoms with Crippen molar-refractivity contribution >= 4 is 0 Å². The number of nitrogens with one attached hydrogen (secondary N) is 1. The molecule has 1 aliphatic rings. The van der Waals surface area contributed by atoms with Gasteiger partial charge in [-0.15, -0.1) is 0 Å². The number of hydrogen-bond acceptors (Lipinski definition) is 3. The van der Waals surface area contributed by atoms with E-state index in [1.165, 1.54) is 11.1 Å². The maximum atomic E-state index is 5.32. The predicted octanol–water partition coefficient (Wildman–Crippen LogP) is 1.71. The average Bonchev–Trinajstić information content (AvgIpc) is 2.82. The van der Waals surface area contributed by atoms with Crippen molar-refractivity contribution in [2.75, 3.05) is 20.3 Å². The third-order valence-electron chi connectivity index (χ3n) is 2.86. The summed E-state index contributed by atoms with van der Waals surface area (Å²) in [7, 11) is 1.72. The van der Waals surface area contributed by atoms with Crippen LogP contribution in [0.4, 0.5) is 0 Å². The monoisotopic (exact) mass is 221 g/mol. The van der Waals surface area contributed by atoms with Crippen molar-refractivity contribution in [3.8, 4) is 0 Å². The summed E-state index contributed by atoms with van der Waals surface area (Å²) < 4.78 is 10.4. The highest BCUT2D eigenvalue weighted by Crippen LogP contribution is 2.08. The topological polar surface area (TPSA) is 30.5 Å². The van der Waals surface area contributed by atoms with Crippen LogP contribution in [0, 0.1) is 0 Å². The largest absolute Gasteiger partial charge is 0.380 e. The molecule has 0 spiro atoms. The molecule has 1 atom stereocenters. The number of rotatable bonds is 5. The fraction of sp³-hybridized carbons (Fsp3) is 0.538. The summed E-state index contributed by atoms with van der Waals surface area (Å²) >= 11 is 0. The highest BCUT2D eigenvalue weighted by atomic mass is 16.5. The van der Waals surface area contributed by atoms with E-state index in [2.05, 4.69) is 29.6 Å². The van der Waals surface area contributed by atoms with Crippen LogP contribution in [0.25, 0.3) is 0 Å². The van der Waals surface area contributed by atoms with Gasteiger partial charge in [-0.25, -0.2) is 0 Å². The Labute approximate surface area is 96.8 Å². The van der Waals surface area contributed by atoms with Crippen molar-refractivity contribution in [3.05, 3.63) is 35.4 Å². The molecule has 1 saturated heterocycles. The van der Waals surface area contributed by atoms with Crippen molar-refractivity contribution < 1.29 is 9.47 Å². The van der Waals surface area contributed by atoms with Crippen molar-refractivity contribution in [1.29, 1.82) is 0 Å². The van der Waals surface area contributed by atoms with E-state index >= 15 is 0 Å². The number of ether oxygens (including phenoxy) is 2. The molecule has 1 aliphatic heterocycles. The lowest BCUT2D eigenvalue weighted by molar-refractivity contribution is 0.185. The average molecular weight is 221 g/mol. The quantitative estimate of drug-likeness (QED) is 0.821. The Bertz CT molecular complexity index is 304. The van der Waals surface area contributed by atoms with Gasteiger partial charge in [0.2, 0.25) is 0 Å². The molecule has 1 aromatic rings. The Balaban J connectivity index is 1.80. The highest BCUT2D eigenvalue weighted by Gasteiger charge is 2.14. The van der Waals surface area contributed by atoms with E-state index in [1.807, 2.05) is 0 Å². The lowest BCUT2D eigenvalue weighted by atomic mass is 10.1. The molecular formula is C13H19NO2. The Morgan fingerprint density at radius 1 is 1.31 bits per heavy atom. The van der Waals surface area contributed by atoms with Crippen molar-refractivity contribution in [2.45, 2.75) is 25.6 Å². The summed E-state index contributed by atoms with van der Waals surface area (Å²) in [6.07, 6.45) is 1.13. The van der Waals surface area contributed by atoms with Gasteiger partial charge in [0, 0.05) is 26.3 Å². The molecule has 0 bridgehead atoms. The third-order valence-corrected chi connectivity index (χ3v) is 2.86. The molecule has 1 N–H and O–H groups in total. The summed E-state index contributed by atoms with van der Waals surface area (Å²) in [5.74, 6) is 0. The Morgan fingerprint density at radius 3 is 2.69 bits per heavy atom. The van der Waals surface area contributed by atoms with Gasteiger partial charge in [0.05, 0.1) is 13.2 Å². The van der Waals surface area contributed by atoms with Gasteiger partial charge in [0.25, 0.3) is 0 Å². The van der Waals surface area contributed by atoms with E-state index in [-0.39, 0.29) is 0 Å². The van der Waals surface area contributed by atoms with Crippen LogP contribution in [-0.2, 0) is 22.6 Å². The maximum absolute atomic E-state index is 5.32. The molecule has 2 rings (SSSR count). The van der Waals surface area contributed by atoms with Crippen molar-refractivity contribution in [3.63, 3.8) is 0 Å². The first kappa shape index (κ1) is 11.6. The molecule has 3 heteroatoms. The van der Waals surface area contributed by atoms with E-state index < -0.39 is 0 Å². The molecular weight excluding hydrogens is 202 g/mol. The first-order valence-electron chi connectivity index (χ1n) is 5.76. The van der Waals surface area contributed by atoms with Gasteiger partial charge in [0.15, 0.2) is 0 Å². The van der Waals surface area contributed by atoms with Crippen molar-refractivity contribution in [2.24, 2.45) is 0 Å². The fourth-order valence-corrected chi connectivity index (χ4v) is 1.88. The van der Waals surface area contributed by atoms with Crippen LogP contribution in [0.1, 0.15) is 17.5 Å². The SMILES string of the molecule is COCc1ccc(CNC2CCOC2)cc1. The molecule has 3 nitrogen and oxygen atoms in total. The Morgan fingerprint density at radius 2 is 2.06 bits per heavy atom. The molecule has 0 aromatic heterocycles. The second kappa shape index (κ2) is 5.99. The Kier molecular flexibility index (Phi) is 4.34. The third kappa shape index (κ3) is 3.30. The fourth-order valence-electron chi connectivity index (χ4n) is 1.88. The molecule has 16 heavy (non-hydrogen) atoms. The zero-order valence-electron chi connectivity index (χ0n) is 9.74. The van der Waals surface area contributed by atoms with Gasteiger partial charge in [-0.1, -0.05) is 24.3 Å². The summed E-state index contributed by atoms with van der Waals surface area (Å²) in [5.41, 5.74) is 2.53. The van der Waals surface area contributed by atoms with Gasteiger partial charge >= 0.3 is 0 Å². The van der Waals surface area contributed by atoms with E-state index in [0.29, 0.717) is 12.6 Å². The molecule has 1 aromatic carbocycles. The van der Waals surface area contributed by atoms with Crippen LogP contribution < -0.4 is 5.32 Å². The molecule has 1 fully saturated rings. The number of hydrogen-bond donors (Lipinski definition) is 1. The van der Waals surface area contributed by atoms with Crippen LogP contribution in [0.15, 0.2) is 24.3 Å². The van der Waals surface area contributed by atoms with Crippen LogP contribution in [-0.4, -0.2) is 26.4 Å².